The summed E-state index contributed by atoms with van der Waals surface area (Å²) >= 11 is 0. The van der Waals surface area contributed by atoms with Gasteiger partial charge in [-0.25, -0.2) is 4.98 Å². The lowest BCUT2D eigenvalue weighted by molar-refractivity contribution is 0.210. The van der Waals surface area contributed by atoms with Crippen molar-refractivity contribution in [3.63, 3.8) is 0 Å². The third kappa shape index (κ3) is 3.66. The van der Waals surface area contributed by atoms with Crippen LogP contribution < -0.4 is 10.9 Å². The van der Waals surface area contributed by atoms with Gasteiger partial charge >= 0.3 is 0 Å². The van der Waals surface area contributed by atoms with E-state index in [-0.39, 0.29) is 5.56 Å². The summed E-state index contributed by atoms with van der Waals surface area (Å²) in [6, 6.07) is 0. The molecule has 1 N–H and O–H groups in total. The summed E-state index contributed by atoms with van der Waals surface area (Å²) in [6.45, 7) is 6.00. The lowest BCUT2D eigenvalue weighted by Gasteiger charge is -2.10. The van der Waals surface area contributed by atoms with Crippen molar-refractivity contribution in [3.8, 4) is 0 Å². The van der Waals surface area contributed by atoms with Crippen LogP contribution >= 0.6 is 0 Å². The van der Waals surface area contributed by atoms with E-state index >= 15 is 0 Å². The number of hydrogen-bond donors (Lipinski definition) is 1. The van der Waals surface area contributed by atoms with Gasteiger partial charge in [-0.1, -0.05) is 13.8 Å². The van der Waals surface area contributed by atoms with E-state index in [4.69, 9.17) is 4.74 Å². The number of hydrogen-bond acceptors (Lipinski definition) is 4. The van der Waals surface area contributed by atoms with Crippen molar-refractivity contribution < 1.29 is 4.74 Å². The molecular formula is C11H19N3O2. The van der Waals surface area contributed by atoms with Gasteiger partial charge in [0.05, 0.1) is 6.61 Å². The Hall–Kier alpha value is -1.36. The third-order valence-corrected chi connectivity index (χ3v) is 2.07. The Kier molecular flexibility index (Phi) is 4.98. The quantitative estimate of drug-likeness (QED) is 0.733. The highest BCUT2D eigenvalue weighted by molar-refractivity contribution is 5.30. The Morgan fingerprint density at radius 3 is 2.94 bits per heavy atom. The number of rotatable bonds is 6. The molecule has 5 heteroatoms. The molecule has 16 heavy (non-hydrogen) atoms. The van der Waals surface area contributed by atoms with Gasteiger partial charge in [-0.05, 0) is 5.92 Å². The molecule has 90 valence electrons. The lowest BCUT2D eigenvalue weighted by Crippen LogP contribution is -2.26. The van der Waals surface area contributed by atoms with Crippen molar-refractivity contribution in [3.05, 3.63) is 22.7 Å². The molecule has 0 aliphatic heterocycles. The maximum Gasteiger partial charge on any atom is 0.293 e. The smallest absolute Gasteiger partial charge is 0.293 e. The zero-order valence-electron chi connectivity index (χ0n) is 10.1. The molecule has 0 unspecified atom stereocenters. The molecule has 0 atom stereocenters. The molecule has 0 aliphatic rings. The van der Waals surface area contributed by atoms with E-state index in [1.165, 1.54) is 0 Å². The van der Waals surface area contributed by atoms with Crippen LogP contribution in [-0.4, -0.2) is 29.8 Å². The monoisotopic (exact) mass is 225 g/mol. The van der Waals surface area contributed by atoms with Crippen LogP contribution in [0.5, 0.6) is 0 Å². The fourth-order valence-corrected chi connectivity index (χ4v) is 1.38. The summed E-state index contributed by atoms with van der Waals surface area (Å²) in [5.74, 6) is 0.826. The summed E-state index contributed by atoms with van der Waals surface area (Å²) in [6.07, 6.45) is 3.35. The second-order valence-electron chi connectivity index (χ2n) is 4.05. The fraction of sp³-hybridized carbons (Fsp3) is 0.636. The molecule has 0 radical (unpaired) electrons. The maximum atomic E-state index is 11.9. The Morgan fingerprint density at radius 1 is 1.56 bits per heavy atom. The second-order valence-corrected chi connectivity index (χ2v) is 4.05. The zero-order valence-corrected chi connectivity index (χ0v) is 10.1. The Morgan fingerprint density at radius 2 is 2.31 bits per heavy atom. The lowest BCUT2D eigenvalue weighted by atomic mass is 10.2. The molecule has 1 aromatic heterocycles. The molecule has 0 saturated heterocycles. The molecule has 0 spiro atoms. The predicted molar refractivity (Wildman–Crippen MR) is 63.7 cm³/mol. The maximum absolute atomic E-state index is 11.9. The molecule has 0 fully saturated rings. The molecule has 0 saturated carbocycles. The highest BCUT2D eigenvalue weighted by atomic mass is 16.5. The summed E-state index contributed by atoms with van der Waals surface area (Å²) in [5.41, 5.74) is -0.0766. The van der Waals surface area contributed by atoms with Crippen LogP contribution in [-0.2, 0) is 11.3 Å². The van der Waals surface area contributed by atoms with Crippen molar-refractivity contribution in [1.29, 1.82) is 0 Å². The first-order valence-electron chi connectivity index (χ1n) is 5.43. The number of methoxy groups -OCH3 is 1. The molecule has 5 nitrogen and oxygen atoms in total. The minimum absolute atomic E-state index is 0.0766. The van der Waals surface area contributed by atoms with Crippen molar-refractivity contribution in [2.24, 2.45) is 5.92 Å². The number of ether oxygens (including phenoxy) is 1. The van der Waals surface area contributed by atoms with Crippen LogP contribution in [0.25, 0.3) is 0 Å². The van der Waals surface area contributed by atoms with E-state index < -0.39 is 0 Å². The summed E-state index contributed by atoms with van der Waals surface area (Å²) in [5, 5.41) is 2.96. The average Bonchev–Trinajstić information content (AvgIpc) is 2.23. The van der Waals surface area contributed by atoms with Gasteiger partial charge in [-0.2, -0.15) is 0 Å². The van der Waals surface area contributed by atoms with Gasteiger partial charge in [-0.3, -0.25) is 4.79 Å². The number of nitrogens with one attached hydrogen (secondary N) is 1. The number of nitrogens with zero attached hydrogens (tertiary/aromatic N) is 2. The van der Waals surface area contributed by atoms with Gasteiger partial charge in [0.2, 0.25) is 0 Å². The van der Waals surface area contributed by atoms with Gasteiger partial charge in [0.1, 0.15) is 0 Å². The van der Waals surface area contributed by atoms with E-state index in [9.17, 15) is 4.79 Å². The Bertz CT molecular complexity index is 374. The minimum atomic E-state index is -0.0766. The van der Waals surface area contributed by atoms with E-state index in [2.05, 4.69) is 24.1 Å². The first-order valence-corrected chi connectivity index (χ1v) is 5.43. The Balaban J connectivity index is 2.74. The van der Waals surface area contributed by atoms with Crippen LogP contribution in [0.2, 0.25) is 0 Å². The number of anilines is 1. The van der Waals surface area contributed by atoms with Crippen LogP contribution in [0.1, 0.15) is 13.8 Å². The topological polar surface area (TPSA) is 56.1 Å². The van der Waals surface area contributed by atoms with E-state index in [0.717, 1.165) is 0 Å². The van der Waals surface area contributed by atoms with Crippen LogP contribution in [0.15, 0.2) is 17.2 Å². The van der Waals surface area contributed by atoms with Gasteiger partial charge in [0, 0.05) is 32.6 Å². The van der Waals surface area contributed by atoms with Gasteiger partial charge in [0.25, 0.3) is 5.56 Å². The van der Waals surface area contributed by atoms with Gasteiger partial charge < -0.3 is 14.6 Å². The first kappa shape index (κ1) is 12.7. The summed E-state index contributed by atoms with van der Waals surface area (Å²) < 4.78 is 6.57. The second kappa shape index (κ2) is 6.27. The third-order valence-electron chi connectivity index (χ3n) is 2.07. The van der Waals surface area contributed by atoms with E-state index in [0.29, 0.717) is 31.4 Å². The van der Waals surface area contributed by atoms with Crippen LogP contribution in [0, 0.1) is 5.92 Å². The summed E-state index contributed by atoms with van der Waals surface area (Å²) in [4.78, 5) is 15.9. The standard InChI is InChI=1S/C11H19N3O2/c1-9(2)8-14-6-4-12-10(11(14)15)13-5-7-16-3/h4,6,9H,5,7-8H2,1-3H3,(H,12,13). The largest absolute Gasteiger partial charge is 0.383 e. The fourth-order valence-electron chi connectivity index (χ4n) is 1.38. The van der Waals surface area contributed by atoms with Crippen molar-refractivity contribution >= 4 is 5.82 Å². The Labute approximate surface area is 95.5 Å². The minimum Gasteiger partial charge on any atom is -0.383 e. The van der Waals surface area contributed by atoms with Crippen LogP contribution in [0.3, 0.4) is 0 Å². The van der Waals surface area contributed by atoms with Crippen LogP contribution in [0.4, 0.5) is 5.82 Å². The van der Waals surface area contributed by atoms with Gasteiger partial charge in [-0.15, -0.1) is 0 Å². The average molecular weight is 225 g/mol. The van der Waals surface area contributed by atoms with E-state index in [1.54, 1.807) is 24.1 Å². The predicted octanol–water partition coefficient (Wildman–Crippen LogP) is 0.958. The molecule has 0 aliphatic carbocycles. The molecule has 0 amide bonds. The normalized spacial score (nSPS) is 10.8. The zero-order chi connectivity index (χ0) is 12.0. The highest BCUT2D eigenvalue weighted by Gasteiger charge is 2.04. The van der Waals surface area contributed by atoms with Crippen molar-refractivity contribution in [2.45, 2.75) is 20.4 Å². The van der Waals surface area contributed by atoms with Crippen molar-refractivity contribution in [2.75, 3.05) is 25.6 Å². The molecule has 1 rings (SSSR count). The molecular weight excluding hydrogens is 206 g/mol. The van der Waals surface area contributed by atoms with Crippen molar-refractivity contribution in [1.82, 2.24) is 9.55 Å². The molecule has 0 bridgehead atoms. The number of aromatic nitrogens is 2. The highest BCUT2D eigenvalue weighted by Crippen LogP contribution is 1.98. The molecule has 0 aromatic carbocycles. The SMILES string of the molecule is COCCNc1nccn(CC(C)C)c1=O. The first-order chi connectivity index (χ1) is 7.65. The molecule has 1 heterocycles. The summed E-state index contributed by atoms with van der Waals surface area (Å²) in [7, 11) is 1.62. The molecule has 1 aromatic rings. The van der Waals surface area contributed by atoms with Gasteiger partial charge in [0.15, 0.2) is 5.82 Å². The van der Waals surface area contributed by atoms with E-state index in [1.807, 2.05) is 0 Å².